The molecule has 1 aromatic carbocycles. The molecule has 1 fully saturated rings. The van der Waals surface area contributed by atoms with Crippen molar-refractivity contribution in [1.29, 1.82) is 0 Å². The normalized spacial score (nSPS) is 16.7. The molecule has 0 saturated carbocycles. The lowest BCUT2D eigenvalue weighted by molar-refractivity contribution is 0.160. The summed E-state index contributed by atoms with van der Waals surface area (Å²) in [5.74, 6) is -0.135. The molecular weight excluding hydrogens is 334 g/mol. The van der Waals surface area contributed by atoms with Crippen LogP contribution in [-0.2, 0) is 0 Å². The van der Waals surface area contributed by atoms with E-state index < -0.39 is 0 Å². The molecule has 0 amide bonds. The molecule has 0 unspecified atom stereocenters. The Balaban J connectivity index is 0.00000200. The molecule has 0 radical (unpaired) electrons. The van der Waals surface area contributed by atoms with Crippen molar-refractivity contribution in [2.45, 2.75) is 32.2 Å². The minimum Gasteiger partial charge on any atom is -0.314 e. The van der Waals surface area contributed by atoms with Gasteiger partial charge in [0.15, 0.2) is 0 Å². The number of benzene rings is 1. The highest BCUT2D eigenvalue weighted by Crippen LogP contribution is 2.30. The summed E-state index contributed by atoms with van der Waals surface area (Å²) in [6.45, 7) is 6.07. The lowest BCUT2D eigenvalue weighted by Crippen LogP contribution is -2.45. The monoisotopic (exact) mass is 356 g/mol. The van der Waals surface area contributed by atoms with Crippen LogP contribution in [0.1, 0.15) is 37.8 Å². The zero-order valence-electron chi connectivity index (χ0n) is 12.3. The highest BCUT2D eigenvalue weighted by Gasteiger charge is 2.24. The van der Waals surface area contributed by atoms with Gasteiger partial charge in [-0.1, -0.05) is 31.4 Å². The van der Waals surface area contributed by atoms with Gasteiger partial charge < -0.3 is 5.32 Å². The summed E-state index contributed by atoms with van der Waals surface area (Å²) < 4.78 is 14.1. The Bertz CT molecular complexity index is 412. The topological polar surface area (TPSA) is 15.3 Å². The summed E-state index contributed by atoms with van der Waals surface area (Å²) in [6.07, 6.45) is 3.24. The van der Waals surface area contributed by atoms with E-state index in [1.165, 1.54) is 6.07 Å². The van der Waals surface area contributed by atoms with Crippen LogP contribution in [0.15, 0.2) is 18.2 Å². The zero-order chi connectivity index (χ0) is 13.7. The first kappa shape index (κ1) is 20.9. The fourth-order valence-electron chi connectivity index (χ4n) is 2.70. The van der Waals surface area contributed by atoms with Crippen molar-refractivity contribution in [2.75, 3.05) is 26.2 Å². The maximum Gasteiger partial charge on any atom is 0.128 e. The minimum absolute atomic E-state index is 0. The molecule has 2 rings (SSSR count). The molecule has 2 nitrogen and oxygen atoms in total. The second-order valence-corrected chi connectivity index (χ2v) is 5.55. The van der Waals surface area contributed by atoms with Crippen LogP contribution in [0.4, 0.5) is 4.39 Å². The first-order valence-electron chi connectivity index (χ1n) is 7.12. The lowest BCUT2D eigenvalue weighted by Gasteiger charge is -2.35. The van der Waals surface area contributed by atoms with Crippen molar-refractivity contribution in [2.24, 2.45) is 0 Å². The summed E-state index contributed by atoms with van der Waals surface area (Å²) in [4.78, 5) is 2.38. The number of hydrogen-bond acceptors (Lipinski definition) is 2. The predicted octanol–water partition coefficient (Wildman–Crippen LogP) is 4.46. The van der Waals surface area contributed by atoms with E-state index in [9.17, 15) is 4.39 Å². The maximum absolute atomic E-state index is 14.1. The standard InChI is InChI=1S/C15H22ClFN2.2ClH/c1-2-3-4-15(19-9-7-18-8-10-19)13-11-12(16)5-6-14(13)17;;/h5-6,11,15,18H,2-4,7-10H2,1H3;2*1H/t15-;;/m1../s1. The van der Waals surface area contributed by atoms with E-state index in [0.717, 1.165) is 51.0 Å². The Labute approximate surface area is 144 Å². The minimum atomic E-state index is -0.135. The molecular formula is C15H24Cl3FN2. The number of piperazine rings is 1. The molecule has 0 bridgehead atoms. The Hall–Kier alpha value is -0.0600. The lowest BCUT2D eigenvalue weighted by atomic mass is 9.98. The van der Waals surface area contributed by atoms with E-state index >= 15 is 0 Å². The molecule has 1 saturated heterocycles. The second-order valence-electron chi connectivity index (χ2n) is 5.11. The first-order valence-corrected chi connectivity index (χ1v) is 7.50. The van der Waals surface area contributed by atoms with Gasteiger partial charge in [-0.05, 0) is 24.6 Å². The van der Waals surface area contributed by atoms with E-state index in [1.807, 2.05) is 0 Å². The Morgan fingerprint density at radius 3 is 2.57 bits per heavy atom. The van der Waals surface area contributed by atoms with E-state index in [1.54, 1.807) is 12.1 Å². The largest absolute Gasteiger partial charge is 0.314 e. The summed E-state index contributed by atoms with van der Waals surface area (Å²) >= 11 is 6.04. The fraction of sp³-hybridized carbons (Fsp3) is 0.600. The van der Waals surface area contributed by atoms with Crippen molar-refractivity contribution in [3.8, 4) is 0 Å². The maximum atomic E-state index is 14.1. The van der Waals surface area contributed by atoms with Gasteiger partial charge >= 0.3 is 0 Å². The van der Waals surface area contributed by atoms with E-state index in [0.29, 0.717) is 5.02 Å². The first-order chi connectivity index (χ1) is 9.22. The van der Waals surface area contributed by atoms with Crippen LogP contribution < -0.4 is 5.32 Å². The van der Waals surface area contributed by atoms with Gasteiger partial charge in [-0.3, -0.25) is 4.90 Å². The molecule has 6 heteroatoms. The summed E-state index contributed by atoms with van der Waals surface area (Å²) in [5.41, 5.74) is 0.753. The van der Waals surface area contributed by atoms with Gasteiger partial charge in [-0.2, -0.15) is 0 Å². The highest BCUT2D eigenvalue weighted by atomic mass is 35.5. The number of nitrogens with one attached hydrogen (secondary N) is 1. The molecule has 21 heavy (non-hydrogen) atoms. The molecule has 0 spiro atoms. The SMILES string of the molecule is CCCC[C@H](c1cc(Cl)ccc1F)N1CCNCC1.Cl.Cl. The van der Waals surface area contributed by atoms with Crippen molar-refractivity contribution in [3.63, 3.8) is 0 Å². The van der Waals surface area contributed by atoms with Crippen LogP contribution in [-0.4, -0.2) is 31.1 Å². The Morgan fingerprint density at radius 1 is 1.29 bits per heavy atom. The molecule has 1 aliphatic heterocycles. The predicted molar refractivity (Wildman–Crippen MR) is 92.6 cm³/mol. The molecule has 1 aliphatic rings. The highest BCUT2D eigenvalue weighted by molar-refractivity contribution is 6.30. The third-order valence-electron chi connectivity index (χ3n) is 3.74. The van der Waals surface area contributed by atoms with E-state index in [-0.39, 0.29) is 36.7 Å². The smallest absolute Gasteiger partial charge is 0.128 e. The van der Waals surface area contributed by atoms with Gasteiger partial charge in [0, 0.05) is 42.8 Å². The van der Waals surface area contributed by atoms with Gasteiger partial charge in [0.25, 0.3) is 0 Å². The third kappa shape index (κ3) is 5.91. The second kappa shape index (κ2) is 10.6. The molecule has 122 valence electrons. The number of unbranched alkanes of at least 4 members (excludes halogenated alkanes) is 1. The zero-order valence-corrected chi connectivity index (χ0v) is 14.7. The van der Waals surface area contributed by atoms with Crippen LogP contribution in [0.2, 0.25) is 5.02 Å². The van der Waals surface area contributed by atoms with Crippen LogP contribution >= 0.6 is 36.4 Å². The molecule has 1 heterocycles. The number of rotatable bonds is 5. The van der Waals surface area contributed by atoms with Crippen molar-refractivity contribution in [1.82, 2.24) is 10.2 Å². The number of hydrogen-bond donors (Lipinski definition) is 1. The van der Waals surface area contributed by atoms with E-state index in [2.05, 4.69) is 17.1 Å². The average Bonchev–Trinajstić information content (AvgIpc) is 2.44. The quantitative estimate of drug-likeness (QED) is 0.837. The van der Waals surface area contributed by atoms with Crippen LogP contribution in [0.3, 0.4) is 0 Å². The summed E-state index contributed by atoms with van der Waals surface area (Å²) in [6, 6.07) is 5.05. The molecule has 1 aromatic rings. The van der Waals surface area contributed by atoms with E-state index in [4.69, 9.17) is 11.6 Å². The molecule has 0 aromatic heterocycles. The molecule has 1 N–H and O–H groups in total. The van der Waals surface area contributed by atoms with Crippen LogP contribution in [0.25, 0.3) is 0 Å². The average molecular weight is 358 g/mol. The summed E-state index contributed by atoms with van der Waals surface area (Å²) in [7, 11) is 0. The Morgan fingerprint density at radius 2 is 1.95 bits per heavy atom. The van der Waals surface area contributed by atoms with Gasteiger partial charge in [0.1, 0.15) is 5.82 Å². The van der Waals surface area contributed by atoms with Gasteiger partial charge in [0.05, 0.1) is 0 Å². The van der Waals surface area contributed by atoms with Gasteiger partial charge in [0.2, 0.25) is 0 Å². The number of halogens is 4. The van der Waals surface area contributed by atoms with Gasteiger partial charge in [-0.15, -0.1) is 24.8 Å². The fourth-order valence-corrected chi connectivity index (χ4v) is 2.88. The van der Waals surface area contributed by atoms with Crippen LogP contribution in [0.5, 0.6) is 0 Å². The van der Waals surface area contributed by atoms with Crippen molar-refractivity contribution < 1.29 is 4.39 Å². The van der Waals surface area contributed by atoms with Crippen molar-refractivity contribution in [3.05, 3.63) is 34.6 Å². The van der Waals surface area contributed by atoms with Crippen molar-refractivity contribution >= 4 is 36.4 Å². The van der Waals surface area contributed by atoms with Crippen LogP contribution in [0, 0.1) is 5.82 Å². The third-order valence-corrected chi connectivity index (χ3v) is 3.98. The molecule has 1 atom stereocenters. The van der Waals surface area contributed by atoms with Gasteiger partial charge in [-0.25, -0.2) is 4.39 Å². The Kier molecular flexibility index (Phi) is 10.6. The number of nitrogens with zero attached hydrogens (tertiary/aromatic N) is 1. The molecule has 0 aliphatic carbocycles. The summed E-state index contributed by atoms with van der Waals surface area (Å²) in [5, 5.41) is 3.96.